The third-order valence-electron chi connectivity index (χ3n) is 1.81. The summed E-state index contributed by atoms with van der Waals surface area (Å²) in [5.74, 6) is -0.161. The highest BCUT2D eigenvalue weighted by molar-refractivity contribution is 5.68. The summed E-state index contributed by atoms with van der Waals surface area (Å²) >= 11 is 0. The molecule has 4 N–H and O–H groups in total. The molecule has 0 fully saturated rings. The second kappa shape index (κ2) is 3.26. The van der Waals surface area contributed by atoms with Crippen molar-refractivity contribution in [1.82, 2.24) is 0 Å². The summed E-state index contributed by atoms with van der Waals surface area (Å²) in [6.07, 6.45) is 0.863. The molecule has 64 valence electrons. The number of hydrogen-bond acceptors (Lipinski definition) is 3. The average Bonchev–Trinajstić information content (AvgIpc) is 2.03. The van der Waals surface area contributed by atoms with Crippen molar-refractivity contribution in [1.29, 1.82) is 0 Å². The van der Waals surface area contributed by atoms with E-state index in [4.69, 9.17) is 11.5 Å². The van der Waals surface area contributed by atoms with Crippen LogP contribution >= 0.6 is 0 Å². The molecule has 1 rings (SSSR count). The van der Waals surface area contributed by atoms with Crippen LogP contribution in [-0.4, -0.2) is 6.29 Å². The Balaban J connectivity index is 3.09. The number of nitrogen functional groups attached to an aromatic ring is 2. The molecule has 1 atom stereocenters. The molecule has 0 saturated carbocycles. The summed E-state index contributed by atoms with van der Waals surface area (Å²) < 4.78 is 0. The second-order valence-electron chi connectivity index (χ2n) is 2.81. The normalized spacial score (nSPS) is 12.4. The van der Waals surface area contributed by atoms with E-state index in [9.17, 15) is 4.79 Å². The first kappa shape index (κ1) is 8.59. The zero-order valence-corrected chi connectivity index (χ0v) is 6.95. The van der Waals surface area contributed by atoms with Gasteiger partial charge in [-0.2, -0.15) is 0 Å². The molecule has 0 aliphatic carbocycles. The molecule has 0 aromatic heterocycles. The van der Waals surface area contributed by atoms with Gasteiger partial charge in [-0.1, -0.05) is 13.0 Å². The maximum absolute atomic E-state index is 10.5. The highest BCUT2D eigenvalue weighted by Crippen LogP contribution is 2.22. The van der Waals surface area contributed by atoms with Crippen LogP contribution in [0.2, 0.25) is 0 Å². The van der Waals surface area contributed by atoms with Crippen LogP contribution in [0.5, 0.6) is 0 Å². The number of aldehydes is 1. The Kier molecular flexibility index (Phi) is 2.33. The number of hydrogen-bond donors (Lipinski definition) is 2. The van der Waals surface area contributed by atoms with E-state index in [1.807, 2.05) is 0 Å². The van der Waals surface area contributed by atoms with Crippen molar-refractivity contribution in [3.8, 4) is 0 Å². The maximum Gasteiger partial charge on any atom is 0.127 e. The van der Waals surface area contributed by atoms with Crippen molar-refractivity contribution in [2.75, 3.05) is 11.5 Å². The summed E-state index contributed by atoms with van der Waals surface area (Å²) in [5.41, 5.74) is 13.2. The van der Waals surface area contributed by atoms with Crippen LogP contribution in [0.1, 0.15) is 18.4 Å². The van der Waals surface area contributed by atoms with Gasteiger partial charge in [-0.3, -0.25) is 0 Å². The third-order valence-corrected chi connectivity index (χ3v) is 1.81. The van der Waals surface area contributed by atoms with E-state index in [-0.39, 0.29) is 5.92 Å². The van der Waals surface area contributed by atoms with Crippen LogP contribution in [0.15, 0.2) is 18.2 Å². The quantitative estimate of drug-likeness (QED) is 0.509. The van der Waals surface area contributed by atoms with Crippen molar-refractivity contribution in [2.24, 2.45) is 0 Å². The van der Waals surface area contributed by atoms with Crippen molar-refractivity contribution in [3.05, 3.63) is 23.8 Å². The monoisotopic (exact) mass is 164 g/mol. The summed E-state index contributed by atoms with van der Waals surface area (Å²) in [5, 5.41) is 0. The molecule has 1 aromatic carbocycles. The maximum atomic E-state index is 10.5. The number of nitrogens with two attached hydrogens (primary N) is 2. The molecular formula is C9H12N2O. The Labute approximate surface area is 71.4 Å². The second-order valence-corrected chi connectivity index (χ2v) is 2.81. The first-order valence-electron chi connectivity index (χ1n) is 3.75. The number of carbonyl (C=O) groups excluding carboxylic acids is 1. The minimum atomic E-state index is -0.161. The first-order chi connectivity index (χ1) is 5.65. The third kappa shape index (κ3) is 1.56. The minimum absolute atomic E-state index is 0.161. The molecule has 12 heavy (non-hydrogen) atoms. The largest absolute Gasteiger partial charge is 0.399 e. The molecule has 1 aromatic rings. The summed E-state index contributed by atoms with van der Waals surface area (Å²) in [4.78, 5) is 10.5. The summed E-state index contributed by atoms with van der Waals surface area (Å²) in [6.45, 7) is 1.80. The van der Waals surface area contributed by atoms with Gasteiger partial charge in [-0.15, -0.1) is 0 Å². The molecule has 0 heterocycles. The predicted octanol–water partition coefficient (Wildman–Crippen LogP) is 1.15. The topological polar surface area (TPSA) is 69.1 Å². The Morgan fingerprint density at radius 3 is 2.58 bits per heavy atom. The van der Waals surface area contributed by atoms with Gasteiger partial charge >= 0.3 is 0 Å². The fraction of sp³-hybridized carbons (Fsp3) is 0.222. The lowest BCUT2D eigenvalue weighted by Gasteiger charge is -2.07. The first-order valence-corrected chi connectivity index (χ1v) is 3.75. The zero-order valence-electron chi connectivity index (χ0n) is 6.95. The fourth-order valence-electron chi connectivity index (χ4n) is 1.08. The smallest absolute Gasteiger partial charge is 0.127 e. The molecular weight excluding hydrogens is 152 g/mol. The van der Waals surface area contributed by atoms with Crippen LogP contribution in [0, 0.1) is 0 Å². The van der Waals surface area contributed by atoms with Gasteiger partial charge in [0.15, 0.2) is 0 Å². The highest BCUT2D eigenvalue weighted by Gasteiger charge is 2.06. The van der Waals surface area contributed by atoms with Crippen LogP contribution in [0.3, 0.4) is 0 Å². The Morgan fingerprint density at radius 2 is 2.08 bits per heavy atom. The van der Waals surface area contributed by atoms with Gasteiger partial charge in [-0.25, -0.2) is 0 Å². The van der Waals surface area contributed by atoms with E-state index in [2.05, 4.69) is 0 Å². The van der Waals surface area contributed by atoms with Gasteiger partial charge in [0.05, 0.1) is 0 Å². The molecule has 0 spiro atoms. The summed E-state index contributed by atoms with van der Waals surface area (Å²) in [7, 11) is 0. The van der Waals surface area contributed by atoms with E-state index in [0.717, 1.165) is 11.8 Å². The zero-order chi connectivity index (χ0) is 9.14. The van der Waals surface area contributed by atoms with E-state index < -0.39 is 0 Å². The Hall–Kier alpha value is -1.51. The number of carbonyl (C=O) groups is 1. The predicted molar refractivity (Wildman–Crippen MR) is 49.7 cm³/mol. The minimum Gasteiger partial charge on any atom is -0.399 e. The lowest BCUT2D eigenvalue weighted by Crippen LogP contribution is -2.01. The molecule has 0 radical (unpaired) electrons. The highest BCUT2D eigenvalue weighted by atomic mass is 16.1. The lowest BCUT2D eigenvalue weighted by atomic mass is 10.0. The Morgan fingerprint density at radius 1 is 1.42 bits per heavy atom. The lowest BCUT2D eigenvalue weighted by molar-refractivity contribution is -0.108. The number of anilines is 2. The summed E-state index contributed by atoms with van der Waals surface area (Å²) in [6, 6.07) is 5.19. The van der Waals surface area contributed by atoms with Crippen LogP contribution in [0.25, 0.3) is 0 Å². The van der Waals surface area contributed by atoms with Crippen molar-refractivity contribution in [2.45, 2.75) is 12.8 Å². The van der Waals surface area contributed by atoms with E-state index in [0.29, 0.717) is 11.4 Å². The van der Waals surface area contributed by atoms with E-state index in [1.165, 1.54) is 0 Å². The van der Waals surface area contributed by atoms with Crippen molar-refractivity contribution in [3.63, 3.8) is 0 Å². The van der Waals surface area contributed by atoms with Crippen LogP contribution in [-0.2, 0) is 4.79 Å². The average molecular weight is 164 g/mol. The molecule has 0 bridgehead atoms. The van der Waals surface area contributed by atoms with Gasteiger partial charge < -0.3 is 16.3 Å². The molecule has 3 heteroatoms. The van der Waals surface area contributed by atoms with Gasteiger partial charge in [0.2, 0.25) is 0 Å². The molecule has 0 aliphatic heterocycles. The molecule has 0 amide bonds. The molecule has 0 saturated heterocycles. The van der Waals surface area contributed by atoms with E-state index in [1.54, 1.807) is 25.1 Å². The van der Waals surface area contributed by atoms with E-state index >= 15 is 0 Å². The van der Waals surface area contributed by atoms with Crippen molar-refractivity contribution >= 4 is 17.7 Å². The molecule has 3 nitrogen and oxygen atoms in total. The fourth-order valence-corrected chi connectivity index (χ4v) is 1.08. The van der Waals surface area contributed by atoms with Gasteiger partial charge in [0.1, 0.15) is 6.29 Å². The molecule has 0 aliphatic rings. The molecule has 1 unspecified atom stereocenters. The van der Waals surface area contributed by atoms with Crippen LogP contribution in [0.4, 0.5) is 11.4 Å². The number of rotatable bonds is 2. The van der Waals surface area contributed by atoms with Gasteiger partial charge in [0.25, 0.3) is 0 Å². The SMILES string of the molecule is CC(C=O)c1ccc(N)cc1N. The standard InChI is InChI=1S/C9H12N2O/c1-6(5-12)8-3-2-7(10)4-9(8)11/h2-6H,10-11H2,1H3. The Bertz CT molecular complexity index is 297. The van der Waals surface area contributed by atoms with Crippen LogP contribution < -0.4 is 11.5 Å². The van der Waals surface area contributed by atoms with Gasteiger partial charge in [-0.05, 0) is 17.7 Å². The van der Waals surface area contributed by atoms with Gasteiger partial charge in [0, 0.05) is 17.3 Å². The number of benzene rings is 1. The van der Waals surface area contributed by atoms with Crippen molar-refractivity contribution < 1.29 is 4.79 Å².